The first kappa shape index (κ1) is 23.6. The molecule has 4 rings (SSSR count). The minimum Gasteiger partial charge on any atom is -0.385 e. The van der Waals surface area contributed by atoms with Crippen LogP contribution in [0.25, 0.3) is 11.3 Å². The van der Waals surface area contributed by atoms with Crippen molar-refractivity contribution >= 4 is 11.8 Å². The molecule has 178 valence electrons. The van der Waals surface area contributed by atoms with Crippen LogP contribution in [0, 0.1) is 0 Å². The van der Waals surface area contributed by atoms with Crippen molar-refractivity contribution in [2.75, 3.05) is 20.3 Å². The second-order valence-corrected chi connectivity index (χ2v) is 9.65. The summed E-state index contributed by atoms with van der Waals surface area (Å²) in [7, 11) is 1.66. The first-order chi connectivity index (χ1) is 16.0. The molecule has 1 aliphatic carbocycles. The van der Waals surface area contributed by atoms with Gasteiger partial charge in [-0.2, -0.15) is 0 Å². The zero-order valence-electron chi connectivity index (χ0n) is 20.0. The Kier molecular flexibility index (Phi) is 7.53. The topological polar surface area (TPSA) is 63.6 Å². The molecule has 1 aromatic heterocycles. The Morgan fingerprint density at radius 3 is 2.39 bits per heavy atom. The number of carbonyl (C=O) groups excluding carboxylic acids is 2. The van der Waals surface area contributed by atoms with Crippen molar-refractivity contribution < 1.29 is 14.3 Å². The van der Waals surface area contributed by atoms with Crippen LogP contribution in [0.15, 0.2) is 42.5 Å². The number of carbonyl (C=O) groups is 2. The zero-order valence-corrected chi connectivity index (χ0v) is 20.0. The van der Waals surface area contributed by atoms with E-state index in [4.69, 9.17) is 4.74 Å². The van der Waals surface area contributed by atoms with E-state index in [1.54, 1.807) is 12.0 Å². The van der Waals surface area contributed by atoms with Crippen molar-refractivity contribution in [1.82, 2.24) is 14.8 Å². The Balaban J connectivity index is 1.64. The molecule has 2 heterocycles. The Morgan fingerprint density at radius 1 is 1.03 bits per heavy atom. The Morgan fingerprint density at radius 2 is 1.70 bits per heavy atom. The summed E-state index contributed by atoms with van der Waals surface area (Å²) < 4.78 is 7.26. The predicted molar refractivity (Wildman–Crippen MR) is 130 cm³/mol. The first-order valence-electron chi connectivity index (χ1n) is 12.4. The highest BCUT2D eigenvalue weighted by Gasteiger charge is 2.47. The molecule has 1 aromatic carbocycles. The van der Waals surface area contributed by atoms with Crippen molar-refractivity contribution in [2.24, 2.45) is 0 Å². The minimum atomic E-state index is -0.956. The van der Waals surface area contributed by atoms with Gasteiger partial charge in [0.15, 0.2) is 0 Å². The van der Waals surface area contributed by atoms with Gasteiger partial charge in [-0.1, -0.05) is 62.4 Å². The van der Waals surface area contributed by atoms with Gasteiger partial charge in [0.1, 0.15) is 11.2 Å². The fourth-order valence-corrected chi connectivity index (χ4v) is 5.29. The van der Waals surface area contributed by atoms with E-state index in [9.17, 15) is 9.59 Å². The van der Waals surface area contributed by atoms with Gasteiger partial charge in [-0.15, -0.1) is 0 Å². The van der Waals surface area contributed by atoms with Gasteiger partial charge in [-0.3, -0.25) is 9.59 Å². The van der Waals surface area contributed by atoms with Crippen LogP contribution in [-0.4, -0.2) is 53.1 Å². The number of nitrogens with one attached hydrogen (secondary N) is 1. The van der Waals surface area contributed by atoms with Gasteiger partial charge in [0.25, 0.3) is 5.91 Å². The number of nitrogens with zero attached hydrogens (tertiary/aromatic N) is 2. The van der Waals surface area contributed by atoms with Crippen molar-refractivity contribution in [2.45, 2.75) is 76.4 Å². The zero-order chi connectivity index (χ0) is 23.3. The third kappa shape index (κ3) is 5.01. The van der Waals surface area contributed by atoms with Crippen molar-refractivity contribution in [3.8, 4) is 11.3 Å². The summed E-state index contributed by atoms with van der Waals surface area (Å²) in [6.07, 6.45) is 8.79. The number of hydrogen-bond donors (Lipinski definition) is 1. The predicted octanol–water partition coefficient (Wildman–Crippen LogP) is 4.64. The molecule has 6 nitrogen and oxygen atoms in total. The van der Waals surface area contributed by atoms with E-state index in [1.807, 2.05) is 54.0 Å². The van der Waals surface area contributed by atoms with E-state index < -0.39 is 5.54 Å². The fourth-order valence-electron chi connectivity index (χ4n) is 5.29. The molecule has 1 aliphatic heterocycles. The Bertz CT molecular complexity index is 947. The second kappa shape index (κ2) is 10.6. The number of fused-ring (bicyclic) bond motifs is 1. The normalized spacial score (nSPS) is 21.9. The SMILES string of the molecule is COCCCN1C(=O)c2ccc(-c3ccccc3)n2C[C@@]1(C)C(=O)NC1CCCCCCC1. The molecule has 2 amide bonds. The van der Waals surface area contributed by atoms with Gasteiger partial charge in [-0.05, 0) is 43.9 Å². The number of aromatic nitrogens is 1. The van der Waals surface area contributed by atoms with E-state index in [2.05, 4.69) is 5.32 Å². The summed E-state index contributed by atoms with van der Waals surface area (Å²) in [6, 6.07) is 14.1. The van der Waals surface area contributed by atoms with Crippen LogP contribution < -0.4 is 5.32 Å². The maximum Gasteiger partial charge on any atom is 0.271 e. The maximum absolute atomic E-state index is 13.8. The van der Waals surface area contributed by atoms with E-state index >= 15 is 0 Å². The van der Waals surface area contributed by atoms with Gasteiger partial charge in [0.05, 0.1) is 6.54 Å². The summed E-state index contributed by atoms with van der Waals surface area (Å²) in [5.41, 5.74) is 1.71. The third-order valence-electron chi connectivity index (χ3n) is 7.24. The van der Waals surface area contributed by atoms with Crippen LogP contribution in [0.3, 0.4) is 0 Å². The van der Waals surface area contributed by atoms with Crippen LogP contribution in [0.5, 0.6) is 0 Å². The number of ether oxygens (including phenoxy) is 1. The highest BCUT2D eigenvalue weighted by Crippen LogP contribution is 2.33. The average molecular weight is 452 g/mol. The standard InChI is InChI=1S/C27H37N3O3/c1-27(26(32)28-22-14-9-4-3-5-10-15-22)20-29-23(21-12-7-6-8-13-21)16-17-24(29)25(31)30(27)18-11-19-33-2/h6-8,12-13,16-17,22H,3-5,9-11,14-15,18-20H2,1-2H3,(H,28,32)/t27-/m0/s1. The minimum absolute atomic E-state index is 0.0443. The van der Waals surface area contributed by atoms with Crippen molar-refractivity contribution in [3.63, 3.8) is 0 Å². The van der Waals surface area contributed by atoms with E-state index in [-0.39, 0.29) is 17.9 Å². The molecule has 0 bridgehead atoms. The fraction of sp³-hybridized carbons (Fsp3) is 0.556. The van der Waals surface area contributed by atoms with E-state index in [1.165, 1.54) is 19.3 Å². The third-order valence-corrected chi connectivity index (χ3v) is 7.24. The van der Waals surface area contributed by atoms with Gasteiger partial charge in [0.2, 0.25) is 5.91 Å². The Labute approximate surface area is 197 Å². The smallest absolute Gasteiger partial charge is 0.271 e. The molecule has 0 saturated heterocycles. The number of hydrogen-bond acceptors (Lipinski definition) is 3. The van der Waals surface area contributed by atoms with Gasteiger partial charge < -0.3 is 19.5 Å². The largest absolute Gasteiger partial charge is 0.385 e. The molecular weight excluding hydrogens is 414 g/mol. The average Bonchev–Trinajstić information content (AvgIpc) is 3.22. The summed E-state index contributed by atoms with van der Waals surface area (Å²) >= 11 is 0. The van der Waals surface area contributed by atoms with E-state index in [0.29, 0.717) is 31.8 Å². The second-order valence-electron chi connectivity index (χ2n) is 9.65. The van der Waals surface area contributed by atoms with Crippen molar-refractivity contribution in [3.05, 3.63) is 48.2 Å². The molecule has 1 atom stereocenters. The molecule has 0 spiro atoms. The molecule has 1 saturated carbocycles. The molecule has 2 aliphatic rings. The lowest BCUT2D eigenvalue weighted by atomic mass is 9.91. The van der Waals surface area contributed by atoms with Crippen LogP contribution in [0.1, 0.15) is 68.8 Å². The first-order valence-corrected chi connectivity index (χ1v) is 12.4. The quantitative estimate of drug-likeness (QED) is 0.624. The van der Waals surface area contributed by atoms with Crippen LogP contribution >= 0.6 is 0 Å². The van der Waals surface area contributed by atoms with E-state index in [0.717, 1.165) is 36.9 Å². The lowest BCUT2D eigenvalue weighted by molar-refractivity contribution is -0.133. The van der Waals surface area contributed by atoms with Gasteiger partial charge in [-0.25, -0.2) is 0 Å². The van der Waals surface area contributed by atoms with Crippen LogP contribution in [0.4, 0.5) is 0 Å². The highest BCUT2D eigenvalue weighted by molar-refractivity contribution is 6.00. The van der Waals surface area contributed by atoms with Crippen LogP contribution in [0.2, 0.25) is 0 Å². The molecule has 33 heavy (non-hydrogen) atoms. The summed E-state index contributed by atoms with van der Waals surface area (Å²) in [6.45, 7) is 3.41. The molecule has 0 unspecified atom stereocenters. The molecule has 1 N–H and O–H groups in total. The molecule has 2 aromatic rings. The number of benzene rings is 1. The Hall–Kier alpha value is -2.60. The number of methoxy groups -OCH3 is 1. The lowest BCUT2D eigenvalue weighted by Crippen LogP contribution is -2.65. The summed E-state index contributed by atoms with van der Waals surface area (Å²) in [4.78, 5) is 29.2. The number of amides is 2. The number of rotatable bonds is 7. The van der Waals surface area contributed by atoms with Crippen LogP contribution in [-0.2, 0) is 16.1 Å². The highest BCUT2D eigenvalue weighted by atomic mass is 16.5. The lowest BCUT2D eigenvalue weighted by Gasteiger charge is -2.45. The molecule has 0 radical (unpaired) electrons. The van der Waals surface area contributed by atoms with Gasteiger partial charge in [0, 0.05) is 32.0 Å². The summed E-state index contributed by atoms with van der Waals surface area (Å²) in [5.74, 6) is -0.132. The maximum atomic E-state index is 13.8. The molecule has 1 fully saturated rings. The summed E-state index contributed by atoms with van der Waals surface area (Å²) in [5, 5.41) is 3.34. The monoisotopic (exact) mass is 451 g/mol. The molecular formula is C27H37N3O3. The van der Waals surface area contributed by atoms with Gasteiger partial charge >= 0.3 is 0 Å². The van der Waals surface area contributed by atoms with Crippen molar-refractivity contribution in [1.29, 1.82) is 0 Å². The molecule has 6 heteroatoms.